The molecule has 1 aromatic carbocycles. The zero-order chi connectivity index (χ0) is 9.68. The van der Waals surface area contributed by atoms with Gasteiger partial charge >= 0.3 is 0 Å². The number of alkyl halides is 1. The van der Waals surface area contributed by atoms with Crippen LogP contribution in [-0.2, 0) is 0 Å². The fourth-order valence-electron chi connectivity index (χ4n) is 1.08. The number of halogens is 1. The van der Waals surface area contributed by atoms with Crippen molar-refractivity contribution in [3.05, 3.63) is 35.4 Å². The molecule has 1 N–H and O–H groups in total. The van der Waals surface area contributed by atoms with Gasteiger partial charge in [0, 0.05) is 11.4 Å². The minimum absolute atomic E-state index is 0.316. The van der Waals surface area contributed by atoms with Crippen molar-refractivity contribution < 1.29 is 5.11 Å². The Morgan fingerprint density at radius 3 is 2.92 bits per heavy atom. The van der Waals surface area contributed by atoms with Crippen molar-refractivity contribution in [2.24, 2.45) is 0 Å². The van der Waals surface area contributed by atoms with Gasteiger partial charge in [0.2, 0.25) is 0 Å². The van der Waals surface area contributed by atoms with Crippen molar-refractivity contribution in [3.8, 4) is 5.75 Å². The molecule has 0 saturated heterocycles. The van der Waals surface area contributed by atoms with E-state index in [9.17, 15) is 5.11 Å². The van der Waals surface area contributed by atoms with Gasteiger partial charge in [0.25, 0.3) is 0 Å². The van der Waals surface area contributed by atoms with Crippen LogP contribution in [0.2, 0.25) is 0 Å². The molecule has 0 unspecified atom stereocenters. The molecule has 1 nitrogen and oxygen atoms in total. The summed E-state index contributed by atoms with van der Waals surface area (Å²) in [5.74, 6) is 0.930. The molecule has 0 aromatic heterocycles. The van der Waals surface area contributed by atoms with Gasteiger partial charge in [-0.2, -0.15) is 0 Å². The molecule has 1 rings (SSSR count). The van der Waals surface area contributed by atoms with Gasteiger partial charge in [0.15, 0.2) is 0 Å². The van der Waals surface area contributed by atoms with Crippen molar-refractivity contribution >= 4 is 17.7 Å². The molecule has 0 saturated carbocycles. The summed E-state index contributed by atoms with van der Waals surface area (Å²) in [5.41, 5.74) is 1.99. The molecule has 0 radical (unpaired) electrons. The smallest absolute Gasteiger partial charge is 0.122 e. The van der Waals surface area contributed by atoms with Crippen LogP contribution in [0.15, 0.2) is 24.3 Å². The number of aryl methyl sites for hydroxylation is 1. The average Bonchev–Trinajstić information content (AvgIpc) is 2.11. The zero-order valence-electron chi connectivity index (χ0n) is 7.63. The predicted octanol–water partition coefficient (Wildman–Crippen LogP) is 3.34. The number of phenols is 1. The minimum atomic E-state index is 0.316. The van der Waals surface area contributed by atoms with E-state index < -0.39 is 0 Å². The Bertz CT molecular complexity index is 305. The van der Waals surface area contributed by atoms with Crippen LogP contribution in [0.3, 0.4) is 0 Å². The lowest BCUT2D eigenvalue weighted by Gasteiger charge is -1.99. The second-order valence-electron chi connectivity index (χ2n) is 2.94. The number of phenolic OH excluding ortho intramolecular Hbond substituents is 1. The zero-order valence-corrected chi connectivity index (χ0v) is 8.38. The van der Waals surface area contributed by atoms with Crippen molar-refractivity contribution in [2.45, 2.75) is 13.3 Å². The lowest BCUT2D eigenvalue weighted by molar-refractivity contribution is 0.474. The van der Waals surface area contributed by atoms with Gasteiger partial charge in [-0.15, -0.1) is 11.6 Å². The van der Waals surface area contributed by atoms with E-state index >= 15 is 0 Å². The third-order valence-corrected chi connectivity index (χ3v) is 1.97. The molecule has 0 amide bonds. The van der Waals surface area contributed by atoms with Gasteiger partial charge in [-0.1, -0.05) is 23.8 Å². The number of hydrogen-bond donors (Lipinski definition) is 1. The summed E-state index contributed by atoms with van der Waals surface area (Å²) >= 11 is 5.53. The Balaban J connectivity index is 2.81. The van der Waals surface area contributed by atoms with E-state index in [0.29, 0.717) is 11.6 Å². The molecule has 0 atom stereocenters. The van der Waals surface area contributed by atoms with Crippen LogP contribution in [-0.4, -0.2) is 11.0 Å². The van der Waals surface area contributed by atoms with Crippen molar-refractivity contribution in [1.82, 2.24) is 0 Å². The lowest BCUT2D eigenvalue weighted by atomic mass is 10.1. The Hall–Kier alpha value is -0.950. The number of allylic oxidation sites excluding steroid dienone is 1. The number of benzene rings is 1. The van der Waals surface area contributed by atoms with E-state index in [1.165, 1.54) is 0 Å². The summed E-state index contributed by atoms with van der Waals surface area (Å²) in [7, 11) is 0. The molecular formula is C11H13ClO. The summed E-state index contributed by atoms with van der Waals surface area (Å²) < 4.78 is 0. The lowest BCUT2D eigenvalue weighted by Crippen LogP contribution is -1.77. The first-order valence-electron chi connectivity index (χ1n) is 4.26. The summed E-state index contributed by atoms with van der Waals surface area (Å²) in [6.45, 7) is 2.00. The van der Waals surface area contributed by atoms with Crippen molar-refractivity contribution in [3.63, 3.8) is 0 Å². The molecule has 0 aliphatic carbocycles. The first-order valence-corrected chi connectivity index (χ1v) is 4.79. The quantitative estimate of drug-likeness (QED) is 0.736. The van der Waals surface area contributed by atoms with E-state index in [2.05, 4.69) is 0 Å². The summed E-state index contributed by atoms with van der Waals surface area (Å²) in [6, 6.07) is 5.53. The monoisotopic (exact) mass is 196 g/mol. The molecule has 0 aliphatic rings. The summed E-state index contributed by atoms with van der Waals surface area (Å²) in [6.07, 6.45) is 4.68. The van der Waals surface area contributed by atoms with Gasteiger partial charge in [0.1, 0.15) is 5.75 Å². The van der Waals surface area contributed by atoms with Crippen LogP contribution in [0, 0.1) is 6.92 Å². The first kappa shape index (κ1) is 10.1. The standard InChI is InChI=1S/C11H13ClO/c1-9-5-6-11(13)10(8-9)4-2-3-7-12/h2,4-6,8,13H,3,7H2,1H3. The minimum Gasteiger partial charge on any atom is -0.507 e. The van der Waals surface area contributed by atoms with E-state index in [1.807, 2.05) is 31.2 Å². The van der Waals surface area contributed by atoms with Crippen LogP contribution in [0.5, 0.6) is 5.75 Å². The highest BCUT2D eigenvalue weighted by Crippen LogP contribution is 2.19. The van der Waals surface area contributed by atoms with E-state index in [1.54, 1.807) is 6.07 Å². The molecule has 13 heavy (non-hydrogen) atoms. The number of aromatic hydroxyl groups is 1. The third kappa shape index (κ3) is 3.11. The normalized spacial score (nSPS) is 10.9. The number of rotatable bonds is 3. The highest BCUT2D eigenvalue weighted by molar-refractivity contribution is 6.17. The van der Waals surface area contributed by atoms with E-state index in [-0.39, 0.29) is 0 Å². The van der Waals surface area contributed by atoms with Gasteiger partial charge in [-0.05, 0) is 25.5 Å². The van der Waals surface area contributed by atoms with Crippen LogP contribution in [0.4, 0.5) is 0 Å². The number of hydrogen-bond acceptors (Lipinski definition) is 1. The molecule has 0 fully saturated rings. The average molecular weight is 197 g/mol. The molecule has 1 aromatic rings. The van der Waals surface area contributed by atoms with Crippen molar-refractivity contribution in [1.29, 1.82) is 0 Å². The van der Waals surface area contributed by atoms with E-state index in [4.69, 9.17) is 11.6 Å². The fourth-order valence-corrected chi connectivity index (χ4v) is 1.21. The maximum absolute atomic E-state index is 9.45. The fraction of sp³-hybridized carbons (Fsp3) is 0.273. The first-order chi connectivity index (χ1) is 6.24. The maximum atomic E-state index is 9.45. The topological polar surface area (TPSA) is 20.2 Å². The van der Waals surface area contributed by atoms with Crippen molar-refractivity contribution in [2.75, 3.05) is 5.88 Å². The van der Waals surface area contributed by atoms with E-state index in [0.717, 1.165) is 17.5 Å². The van der Waals surface area contributed by atoms with Gasteiger partial charge in [0.05, 0.1) is 0 Å². The summed E-state index contributed by atoms with van der Waals surface area (Å²) in [4.78, 5) is 0. The Labute approximate surface area is 83.7 Å². The predicted molar refractivity (Wildman–Crippen MR) is 57.2 cm³/mol. The van der Waals surface area contributed by atoms with Gasteiger partial charge in [-0.3, -0.25) is 0 Å². The second-order valence-corrected chi connectivity index (χ2v) is 3.32. The Morgan fingerprint density at radius 1 is 1.46 bits per heavy atom. The highest BCUT2D eigenvalue weighted by Gasteiger charge is 1.95. The molecule has 0 aliphatic heterocycles. The second kappa shape index (κ2) is 4.93. The summed E-state index contributed by atoms with van der Waals surface area (Å²) in [5, 5.41) is 9.45. The van der Waals surface area contributed by atoms with Gasteiger partial charge < -0.3 is 5.11 Å². The Kier molecular flexibility index (Phi) is 3.84. The largest absolute Gasteiger partial charge is 0.507 e. The molecular weight excluding hydrogens is 184 g/mol. The molecule has 0 heterocycles. The van der Waals surface area contributed by atoms with Crippen LogP contribution < -0.4 is 0 Å². The van der Waals surface area contributed by atoms with Gasteiger partial charge in [-0.25, -0.2) is 0 Å². The maximum Gasteiger partial charge on any atom is 0.122 e. The van der Waals surface area contributed by atoms with Crippen LogP contribution in [0.1, 0.15) is 17.5 Å². The molecule has 70 valence electrons. The molecule has 2 heteroatoms. The molecule has 0 bridgehead atoms. The Morgan fingerprint density at radius 2 is 2.23 bits per heavy atom. The van der Waals surface area contributed by atoms with Crippen LogP contribution in [0.25, 0.3) is 6.08 Å². The SMILES string of the molecule is Cc1ccc(O)c(C=CCCCl)c1. The van der Waals surface area contributed by atoms with Crippen LogP contribution >= 0.6 is 11.6 Å². The molecule has 0 spiro atoms. The third-order valence-electron chi connectivity index (χ3n) is 1.76. The highest BCUT2D eigenvalue weighted by atomic mass is 35.5.